The van der Waals surface area contributed by atoms with Crippen LogP contribution in [0.1, 0.15) is 39.0 Å². The Hall–Kier alpha value is -0.580. The molecule has 0 aliphatic carbocycles. The molecule has 2 N–H and O–H groups in total. The molecule has 1 unspecified atom stereocenters. The van der Waals surface area contributed by atoms with E-state index in [4.69, 9.17) is 5.73 Å². The number of carbonyl (C=O) groups excluding carboxylic acids is 1. The van der Waals surface area contributed by atoms with Crippen molar-refractivity contribution in [3.05, 3.63) is 22.4 Å². The normalized spacial score (nSPS) is 12.9. The van der Waals surface area contributed by atoms with Crippen molar-refractivity contribution in [2.24, 2.45) is 11.7 Å². The minimum Gasteiger partial charge on any atom is -0.345 e. The number of nitrogens with zero attached hydrogens (tertiary/aromatic N) is 1. The fraction of sp³-hybridized carbons (Fsp3) is 0.667. The molecule has 0 aliphatic rings. The molecule has 0 aliphatic heterocycles. The van der Waals surface area contributed by atoms with E-state index in [1.807, 2.05) is 43.3 Å². The summed E-state index contributed by atoms with van der Waals surface area (Å²) in [6.45, 7) is 8.91. The zero-order chi connectivity index (χ0) is 14.6. The number of hydrogen-bond donors (Lipinski definition) is 1. The molecule has 1 heterocycles. The Morgan fingerprint density at radius 2 is 2.05 bits per heavy atom. The number of rotatable bonds is 6. The summed E-state index contributed by atoms with van der Waals surface area (Å²) < 4.78 is 0. The average Bonchev–Trinajstić information content (AvgIpc) is 2.88. The summed E-state index contributed by atoms with van der Waals surface area (Å²) >= 11 is 1.63. The van der Waals surface area contributed by atoms with E-state index < -0.39 is 5.41 Å². The summed E-state index contributed by atoms with van der Waals surface area (Å²) in [6.07, 6.45) is 0.848. The summed E-state index contributed by atoms with van der Waals surface area (Å²) in [6, 6.07) is 4.17. The van der Waals surface area contributed by atoms with Crippen molar-refractivity contribution in [1.82, 2.24) is 4.90 Å². The fourth-order valence-electron chi connectivity index (χ4n) is 1.99. The van der Waals surface area contributed by atoms with Crippen LogP contribution in [0.5, 0.6) is 0 Å². The molecule has 0 saturated carbocycles. The molecule has 1 atom stereocenters. The van der Waals surface area contributed by atoms with Crippen molar-refractivity contribution in [3.63, 3.8) is 0 Å². The molecule has 0 bridgehead atoms. The third kappa shape index (κ3) is 4.76. The number of halogens is 1. The van der Waals surface area contributed by atoms with Crippen LogP contribution < -0.4 is 5.73 Å². The molecule has 1 rings (SSSR count). The lowest BCUT2D eigenvalue weighted by atomic mass is 9.89. The average molecular weight is 319 g/mol. The Bertz CT molecular complexity index is 404. The van der Waals surface area contributed by atoms with Gasteiger partial charge in [0.05, 0.1) is 5.41 Å². The lowest BCUT2D eigenvalue weighted by Crippen LogP contribution is -2.43. The van der Waals surface area contributed by atoms with Crippen LogP contribution in [0.2, 0.25) is 0 Å². The standard InChI is InChI=1S/C15H26N2OS.ClH/c1-11(2)12(16)8-9-17(5)14(18)15(3,4)13-7-6-10-19-13;/h6-7,10-12H,8-9,16H2,1-5H3;1H. The lowest BCUT2D eigenvalue weighted by Gasteiger charge is -2.29. The van der Waals surface area contributed by atoms with E-state index >= 15 is 0 Å². The van der Waals surface area contributed by atoms with Crippen LogP contribution in [0, 0.1) is 5.92 Å². The zero-order valence-corrected chi connectivity index (χ0v) is 14.7. The van der Waals surface area contributed by atoms with Gasteiger partial charge in [0, 0.05) is 24.5 Å². The number of nitrogens with two attached hydrogens (primary N) is 1. The van der Waals surface area contributed by atoms with E-state index in [-0.39, 0.29) is 24.4 Å². The largest absolute Gasteiger partial charge is 0.345 e. The number of amides is 1. The molecule has 0 radical (unpaired) electrons. The highest BCUT2D eigenvalue weighted by atomic mass is 35.5. The first-order valence-electron chi connectivity index (χ1n) is 6.82. The van der Waals surface area contributed by atoms with Crippen molar-refractivity contribution in [2.75, 3.05) is 13.6 Å². The van der Waals surface area contributed by atoms with E-state index in [0.29, 0.717) is 12.5 Å². The predicted octanol–water partition coefficient (Wildman–Crippen LogP) is 3.28. The summed E-state index contributed by atoms with van der Waals surface area (Å²) in [4.78, 5) is 15.5. The fourth-order valence-corrected chi connectivity index (χ4v) is 2.84. The monoisotopic (exact) mass is 318 g/mol. The molecule has 0 aromatic carbocycles. The first-order chi connectivity index (χ1) is 8.76. The molecule has 1 amide bonds. The first kappa shape index (κ1) is 19.4. The molecule has 1 aromatic heterocycles. The third-order valence-electron chi connectivity index (χ3n) is 3.67. The zero-order valence-electron chi connectivity index (χ0n) is 13.1. The molecular weight excluding hydrogens is 292 g/mol. The Kier molecular flexibility index (Phi) is 7.78. The highest BCUT2D eigenvalue weighted by molar-refractivity contribution is 7.10. The summed E-state index contributed by atoms with van der Waals surface area (Å²) in [5.74, 6) is 0.611. The number of hydrogen-bond acceptors (Lipinski definition) is 3. The quantitative estimate of drug-likeness (QED) is 0.875. The molecule has 1 aromatic rings. The van der Waals surface area contributed by atoms with Gasteiger partial charge in [0.1, 0.15) is 0 Å². The van der Waals surface area contributed by atoms with Crippen molar-refractivity contribution in [3.8, 4) is 0 Å². The molecule has 0 saturated heterocycles. The SMILES string of the molecule is CC(C)C(N)CCN(C)C(=O)C(C)(C)c1cccs1.Cl. The van der Waals surface area contributed by atoms with Gasteiger partial charge in [-0.15, -0.1) is 23.7 Å². The Morgan fingerprint density at radius 1 is 1.45 bits per heavy atom. The second-order valence-corrected chi connectivity index (χ2v) is 6.97. The highest BCUT2D eigenvalue weighted by Crippen LogP contribution is 2.29. The van der Waals surface area contributed by atoms with Crippen molar-refractivity contribution in [2.45, 2.75) is 45.6 Å². The van der Waals surface area contributed by atoms with Gasteiger partial charge in [-0.25, -0.2) is 0 Å². The van der Waals surface area contributed by atoms with Crippen LogP contribution in [0.3, 0.4) is 0 Å². The van der Waals surface area contributed by atoms with Crippen LogP contribution in [-0.4, -0.2) is 30.4 Å². The van der Waals surface area contributed by atoms with Crippen LogP contribution >= 0.6 is 23.7 Å². The van der Waals surface area contributed by atoms with Gasteiger partial charge in [0.15, 0.2) is 0 Å². The maximum atomic E-state index is 12.5. The van der Waals surface area contributed by atoms with Crippen LogP contribution in [0.15, 0.2) is 17.5 Å². The van der Waals surface area contributed by atoms with Gasteiger partial charge in [0.2, 0.25) is 5.91 Å². The molecule has 116 valence electrons. The van der Waals surface area contributed by atoms with Gasteiger partial charge < -0.3 is 10.6 Å². The molecular formula is C15H27ClN2OS. The smallest absolute Gasteiger partial charge is 0.233 e. The Balaban J connectivity index is 0.00000361. The first-order valence-corrected chi connectivity index (χ1v) is 7.70. The highest BCUT2D eigenvalue weighted by Gasteiger charge is 2.33. The van der Waals surface area contributed by atoms with Crippen LogP contribution in [-0.2, 0) is 10.2 Å². The summed E-state index contributed by atoms with van der Waals surface area (Å²) in [5.41, 5.74) is 5.58. The van der Waals surface area contributed by atoms with Crippen molar-refractivity contribution in [1.29, 1.82) is 0 Å². The summed E-state index contributed by atoms with van der Waals surface area (Å²) in [5, 5.41) is 2.01. The van der Waals surface area contributed by atoms with Gasteiger partial charge in [-0.3, -0.25) is 4.79 Å². The van der Waals surface area contributed by atoms with Gasteiger partial charge in [-0.1, -0.05) is 19.9 Å². The van der Waals surface area contributed by atoms with Gasteiger partial charge in [-0.2, -0.15) is 0 Å². The van der Waals surface area contributed by atoms with Crippen molar-refractivity contribution < 1.29 is 4.79 Å². The maximum Gasteiger partial charge on any atom is 0.233 e. The van der Waals surface area contributed by atoms with Gasteiger partial charge in [0.25, 0.3) is 0 Å². The minimum absolute atomic E-state index is 0. The summed E-state index contributed by atoms with van der Waals surface area (Å²) in [7, 11) is 1.87. The Morgan fingerprint density at radius 3 is 2.50 bits per heavy atom. The van der Waals surface area contributed by atoms with E-state index in [9.17, 15) is 4.79 Å². The van der Waals surface area contributed by atoms with Gasteiger partial charge in [-0.05, 0) is 37.6 Å². The van der Waals surface area contributed by atoms with E-state index in [0.717, 1.165) is 11.3 Å². The van der Waals surface area contributed by atoms with E-state index in [2.05, 4.69) is 13.8 Å². The number of likely N-dealkylation sites (N-methyl/N-ethyl adjacent to an activating group) is 1. The molecule has 3 nitrogen and oxygen atoms in total. The van der Waals surface area contributed by atoms with Crippen LogP contribution in [0.4, 0.5) is 0 Å². The van der Waals surface area contributed by atoms with E-state index in [1.165, 1.54) is 0 Å². The molecule has 0 fully saturated rings. The molecule has 5 heteroatoms. The van der Waals surface area contributed by atoms with E-state index in [1.54, 1.807) is 11.3 Å². The molecule has 0 spiro atoms. The maximum absolute atomic E-state index is 12.5. The van der Waals surface area contributed by atoms with Crippen molar-refractivity contribution >= 4 is 29.7 Å². The number of carbonyl (C=O) groups is 1. The lowest BCUT2D eigenvalue weighted by molar-refractivity contribution is -0.134. The predicted molar refractivity (Wildman–Crippen MR) is 89.7 cm³/mol. The van der Waals surface area contributed by atoms with Gasteiger partial charge >= 0.3 is 0 Å². The number of thiophene rings is 1. The molecule has 20 heavy (non-hydrogen) atoms. The second-order valence-electron chi connectivity index (χ2n) is 6.03. The van der Waals surface area contributed by atoms with Crippen LogP contribution in [0.25, 0.3) is 0 Å². The minimum atomic E-state index is -0.454. The topological polar surface area (TPSA) is 46.3 Å². The second kappa shape index (κ2) is 8.01. The third-order valence-corrected chi connectivity index (χ3v) is 4.87. The Labute approximate surface area is 133 Å².